The summed E-state index contributed by atoms with van der Waals surface area (Å²) in [5.74, 6) is -2.37. The smallest absolute Gasteiger partial charge is 0.472 e. The van der Waals surface area contributed by atoms with Gasteiger partial charge in [-0.15, -0.1) is 0 Å². The van der Waals surface area contributed by atoms with Gasteiger partial charge >= 0.3 is 19.8 Å². The van der Waals surface area contributed by atoms with Crippen LogP contribution in [-0.2, 0) is 32.7 Å². The molecule has 0 aromatic carbocycles. The summed E-state index contributed by atoms with van der Waals surface area (Å²) in [6.07, 6.45) is 48.7. The minimum Gasteiger partial charge on any atom is -0.480 e. The number of carbonyl (C=O) groups is 3. The van der Waals surface area contributed by atoms with Crippen LogP contribution in [0, 0.1) is 0 Å². The van der Waals surface area contributed by atoms with E-state index in [-0.39, 0.29) is 12.8 Å². The molecule has 0 aromatic rings. The highest BCUT2D eigenvalue weighted by Gasteiger charge is 2.28. The summed E-state index contributed by atoms with van der Waals surface area (Å²) < 4.78 is 26.9. The third-order valence-electron chi connectivity index (χ3n) is 10.7. The Balaban J connectivity index is 3.84. The summed E-state index contributed by atoms with van der Waals surface area (Å²) in [7, 11) is -4.76. The van der Waals surface area contributed by atoms with Crippen LogP contribution in [0.25, 0.3) is 0 Å². The molecule has 0 bridgehead atoms. The van der Waals surface area contributed by atoms with Crippen molar-refractivity contribution in [3.63, 3.8) is 0 Å². The van der Waals surface area contributed by atoms with E-state index >= 15 is 0 Å². The molecule has 0 spiro atoms. The number of allylic oxidation sites excluding steroid dienone is 6. The number of aliphatic carboxylic acids is 1. The zero-order valence-corrected chi connectivity index (χ0v) is 39.6. The fraction of sp³-hybridized carbons (Fsp3) is 0.816. The van der Waals surface area contributed by atoms with Crippen LogP contribution in [0.5, 0.6) is 0 Å². The molecule has 0 radical (unpaired) electrons. The normalized spacial score (nSPS) is 13.9. The molecule has 0 aromatic heterocycles. The predicted molar refractivity (Wildman–Crippen MR) is 249 cm³/mol. The molecular formula is C49H90NO10P. The van der Waals surface area contributed by atoms with Crippen LogP contribution in [0.15, 0.2) is 36.5 Å². The van der Waals surface area contributed by atoms with E-state index in [0.29, 0.717) is 12.8 Å². The summed E-state index contributed by atoms with van der Waals surface area (Å²) in [6.45, 7) is 2.59. The van der Waals surface area contributed by atoms with Crippen LogP contribution in [-0.4, -0.2) is 64.9 Å². The van der Waals surface area contributed by atoms with Crippen molar-refractivity contribution in [1.82, 2.24) is 5.32 Å². The Morgan fingerprint density at radius 3 is 1.38 bits per heavy atom. The van der Waals surface area contributed by atoms with Gasteiger partial charge in [-0.1, -0.05) is 198 Å². The lowest BCUT2D eigenvalue weighted by atomic mass is 10.0. The molecule has 4 N–H and O–H groups in total. The fourth-order valence-electron chi connectivity index (χ4n) is 6.85. The Hall–Kier alpha value is -2.30. The molecule has 0 saturated heterocycles. The van der Waals surface area contributed by atoms with Crippen LogP contribution < -0.4 is 5.32 Å². The summed E-state index contributed by atoms with van der Waals surface area (Å²) in [4.78, 5) is 46.0. The SMILES string of the molecule is CCCCC/C=C\C/C=C\C/C=C\CCCCCCCCCCC(=O)OCC(O)COP(=O)(O)OCC(NC(=O)CCCCCCCCCCCCCCCCCC)C(=O)O. The van der Waals surface area contributed by atoms with E-state index in [1.54, 1.807) is 0 Å². The minimum atomic E-state index is -4.76. The van der Waals surface area contributed by atoms with Gasteiger partial charge in [0.25, 0.3) is 0 Å². The standard InChI is InChI=1S/C49H90NO10P/c1-3-5-7-9-11-13-15-17-19-21-22-23-24-25-27-29-31-33-35-37-39-41-48(53)58-42-45(51)43-59-61(56,57)60-44-46(49(54)55)50-47(52)40-38-36-34-32-30-28-26-20-18-16-14-12-10-8-6-4-2/h11,13,17,19,22-23,45-46,51H,3-10,12,14-16,18,20-21,24-44H2,1-2H3,(H,50,52)(H,54,55)(H,56,57)/b13-11-,19-17-,23-22-. The molecule has 0 fully saturated rings. The highest BCUT2D eigenvalue weighted by molar-refractivity contribution is 7.47. The van der Waals surface area contributed by atoms with E-state index < -0.39 is 57.6 Å². The van der Waals surface area contributed by atoms with E-state index in [1.807, 2.05) is 0 Å². The van der Waals surface area contributed by atoms with Crippen molar-refractivity contribution in [2.75, 3.05) is 19.8 Å². The van der Waals surface area contributed by atoms with E-state index in [4.69, 9.17) is 13.8 Å². The number of hydrogen-bond acceptors (Lipinski definition) is 8. The number of phosphoric ester groups is 1. The van der Waals surface area contributed by atoms with Crippen molar-refractivity contribution in [3.8, 4) is 0 Å². The number of rotatable bonds is 46. The predicted octanol–water partition coefficient (Wildman–Crippen LogP) is 13.2. The molecule has 12 heteroatoms. The first kappa shape index (κ1) is 58.7. The minimum absolute atomic E-state index is 0.149. The Morgan fingerprint density at radius 2 is 0.902 bits per heavy atom. The number of hydrogen-bond donors (Lipinski definition) is 4. The van der Waals surface area contributed by atoms with Gasteiger partial charge in [0.05, 0.1) is 13.2 Å². The second-order valence-electron chi connectivity index (χ2n) is 16.7. The molecular weight excluding hydrogens is 794 g/mol. The number of carboxylic acid groups (broad SMARTS) is 1. The number of aliphatic hydroxyl groups is 1. The maximum atomic E-state index is 12.3. The molecule has 3 unspecified atom stereocenters. The summed E-state index contributed by atoms with van der Waals surface area (Å²) in [5, 5.41) is 21.9. The van der Waals surface area contributed by atoms with Gasteiger partial charge < -0.3 is 25.2 Å². The summed E-state index contributed by atoms with van der Waals surface area (Å²) in [5.41, 5.74) is 0. The lowest BCUT2D eigenvalue weighted by Gasteiger charge is -2.18. The zero-order chi connectivity index (χ0) is 44.9. The Bertz CT molecular complexity index is 1180. The van der Waals surface area contributed by atoms with E-state index in [9.17, 15) is 34.1 Å². The third kappa shape index (κ3) is 44.1. The van der Waals surface area contributed by atoms with Crippen molar-refractivity contribution in [2.45, 2.75) is 238 Å². The highest BCUT2D eigenvalue weighted by atomic mass is 31.2. The molecule has 0 aliphatic rings. The van der Waals surface area contributed by atoms with Crippen molar-refractivity contribution >= 4 is 25.7 Å². The zero-order valence-electron chi connectivity index (χ0n) is 38.7. The second kappa shape index (κ2) is 44.3. The molecule has 0 heterocycles. The number of carbonyl (C=O) groups excluding carboxylic acids is 2. The number of ether oxygens (including phenoxy) is 1. The van der Waals surface area contributed by atoms with Gasteiger partial charge in [-0.25, -0.2) is 9.36 Å². The largest absolute Gasteiger partial charge is 0.480 e. The number of unbranched alkanes of at least 4 members (excludes halogenated alkanes) is 26. The van der Waals surface area contributed by atoms with Crippen molar-refractivity contribution in [2.24, 2.45) is 0 Å². The number of aliphatic hydroxyl groups excluding tert-OH is 1. The first-order valence-corrected chi connectivity index (χ1v) is 26.0. The molecule has 0 aliphatic carbocycles. The van der Waals surface area contributed by atoms with Gasteiger partial charge in [-0.3, -0.25) is 18.6 Å². The van der Waals surface area contributed by atoms with Gasteiger partial charge in [0.15, 0.2) is 6.04 Å². The molecule has 11 nitrogen and oxygen atoms in total. The number of amides is 1. The first-order chi connectivity index (χ1) is 29.6. The number of nitrogens with one attached hydrogen (secondary N) is 1. The van der Waals surface area contributed by atoms with Crippen molar-refractivity contribution in [1.29, 1.82) is 0 Å². The lowest BCUT2D eigenvalue weighted by molar-refractivity contribution is -0.147. The third-order valence-corrected chi connectivity index (χ3v) is 11.6. The Kier molecular flexibility index (Phi) is 42.6. The maximum absolute atomic E-state index is 12.3. The molecule has 0 aliphatic heterocycles. The Labute approximate surface area is 371 Å². The molecule has 0 rings (SSSR count). The van der Waals surface area contributed by atoms with Crippen LogP contribution >= 0.6 is 7.82 Å². The van der Waals surface area contributed by atoms with Gasteiger partial charge in [0, 0.05) is 12.8 Å². The Morgan fingerprint density at radius 1 is 0.525 bits per heavy atom. The monoisotopic (exact) mass is 884 g/mol. The molecule has 356 valence electrons. The van der Waals surface area contributed by atoms with Crippen molar-refractivity contribution < 1.29 is 47.8 Å². The molecule has 1 amide bonds. The summed E-state index contributed by atoms with van der Waals surface area (Å²) >= 11 is 0. The number of carboxylic acids is 1. The lowest BCUT2D eigenvalue weighted by Crippen LogP contribution is -2.43. The average molecular weight is 884 g/mol. The molecule has 3 atom stereocenters. The van der Waals surface area contributed by atoms with Crippen LogP contribution in [0.3, 0.4) is 0 Å². The van der Waals surface area contributed by atoms with E-state index in [0.717, 1.165) is 57.8 Å². The number of phosphoric acid groups is 1. The summed E-state index contributed by atoms with van der Waals surface area (Å²) in [6, 6.07) is -1.54. The van der Waals surface area contributed by atoms with Crippen LogP contribution in [0.2, 0.25) is 0 Å². The van der Waals surface area contributed by atoms with E-state index in [2.05, 4.69) is 55.6 Å². The quantitative estimate of drug-likeness (QED) is 0.0200. The fourth-order valence-corrected chi connectivity index (χ4v) is 7.63. The van der Waals surface area contributed by atoms with Gasteiger partial charge in [0.2, 0.25) is 5.91 Å². The van der Waals surface area contributed by atoms with E-state index in [1.165, 1.54) is 128 Å². The van der Waals surface area contributed by atoms with Crippen LogP contribution in [0.4, 0.5) is 0 Å². The van der Waals surface area contributed by atoms with Gasteiger partial charge in [0.1, 0.15) is 12.7 Å². The second-order valence-corrected chi connectivity index (χ2v) is 18.1. The first-order valence-electron chi connectivity index (χ1n) is 24.5. The van der Waals surface area contributed by atoms with Gasteiger partial charge in [-0.05, 0) is 51.4 Å². The topological polar surface area (TPSA) is 169 Å². The molecule has 61 heavy (non-hydrogen) atoms. The van der Waals surface area contributed by atoms with Gasteiger partial charge in [-0.2, -0.15) is 0 Å². The number of esters is 1. The molecule has 0 saturated carbocycles. The average Bonchev–Trinajstić information content (AvgIpc) is 3.24. The highest BCUT2D eigenvalue weighted by Crippen LogP contribution is 2.43. The maximum Gasteiger partial charge on any atom is 0.472 e. The van der Waals surface area contributed by atoms with Crippen LogP contribution in [0.1, 0.15) is 226 Å². The van der Waals surface area contributed by atoms with Crippen molar-refractivity contribution in [3.05, 3.63) is 36.5 Å².